The van der Waals surface area contributed by atoms with E-state index in [0.29, 0.717) is 25.8 Å². The van der Waals surface area contributed by atoms with E-state index in [1.165, 1.54) is 0 Å². The molecule has 8 heteroatoms. The van der Waals surface area contributed by atoms with Crippen LogP contribution in [-0.4, -0.2) is 81.8 Å². The Morgan fingerprint density at radius 3 is 2.49 bits per heavy atom. The van der Waals surface area contributed by atoms with Crippen molar-refractivity contribution in [2.45, 2.75) is 96.9 Å². The molecule has 8 nitrogen and oxygen atoms in total. The second kappa shape index (κ2) is 9.51. The van der Waals surface area contributed by atoms with Crippen molar-refractivity contribution in [1.82, 2.24) is 9.80 Å². The second-order valence-corrected chi connectivity index (χ2v) is 12.4. The zero-order valence-corrected chi connectivity index (χ0v) is 22.6. The molecule has 2 amide bonds. The first kappa shape index (κ1) is 27.7. The van der Waals surface area contributed by atoms with Gasteiger partial charge in [0.25, 0.3) is 0 Å². The van der Waals surface area contributed by atoms with E-state index < -0.39 is 40.6 Å². The lowest BCUT2D eigenvalue weighted by Crippen LogP contribution is -2.61. The molecule has 0 saturated carbocycles. The van der Waals surface area contributed by atoms with Gasteiger partial charge in [0.1, 0.15) is 17.6 Å². The Morgan fingerprint density at radius 1 is 1.29 bits per heavy atom. The van der Waals surface area contributed by atoms with Crippen LogP contribution in [0.4, 0.5) is 0 Å². The number of carbonyl (C=O) groups is 3. The summed E-state index contributed by atoms with van der Waals surface area (Å²) in [6, 6.07) is -0.869. The molecule has 0 aromatic rings. The summed E-state index contributed by atoms with van der Waals surface area (Å²) in [4.78, 5) is 44.7. The lowest BCUT2D eigenvalue weighted by Gasteiger charge is -2.45. The van der Waals surface area contributed by atoms with Crippen LogP contribution in [-0.2, 0) is 23.9 Å². The van der Waals surface area contributed by atoms with Gasteiger partial charge in [0.05, 0.1) is 18.1 Å². The molecule has 1 N–H and O–H groups in total. The summed E-state index contributed by atoms with van der Waals surface area (Å²) in [6.45, 7) is 18.6. The molecule has 1 spiro atoms. The first-order chi connectivity index (χ1) is 16.2. The van der Waals surface area contributed by atoms with Crippen molar-refractivity contribution in [3.63, 3.8) is 0 Å². The minimum Gasteiger partial charge on any atom is -0.466 e. The van der Waals surface area contributed by atoms with E-state index in [2.05, 4.69) is 27.4 Å². The lowest BCUT2D eigenvalue weighted by molar-refractivity contribution is -0.161. The van der Waals surface area contributed by atoms with Gasteiger partial charge in [-0.1, -0.05) is 26.8 Å². The smallest absolute Gasteiger partial charge is 0.312 e. The maximum atomic E-state index is 14.4. The Labute approximate surface area is 210 Å². The molecule has 3 aliphatic rings. The van der Waals surface area contributed by atoms with Gasteiger partial charge >= 0.3 is 5.97 Å². The summed E-state index contributed by atoms with van der Waals surface area (Å²) >= 11 is 0. The number of aliphatic hydroxyl groups excluding tert-OH is 1. The van der Waals surface area contributed by atoms with Crippen molar-refractivity contribution in [3.8, 4) is 0 Å². The highest BCUT2D eigenvalue weighted by Crippen LogP contribution is 2.63. The molecule has 2 bridgehead atoms. The number of likely N-dealkylation sites (tertiary alicyclic amines) is 1. The molecule has 3 heterocycles. The number of hydrogen-bond donors (Lipinski definition) is 1. The fourth-order valence-electron chi connectivity index (χ4n) is 7.08. The molecular weight excluding hydrogens is 448 g/mol. The van der Waals surface area contributed by atoms with Gasteiger partial charge in [0.2, 0.25) is 11.8 Å². The Hall–Kier alpha value is -1.93. The van der Waals surface area contributed by atoms with Crippen LogP contribution in [0.1, 0.15) is 74.1 Å². The van der Waals surface area contributed by atoms with E-state index in [9.17, 15) is 19.5 Å². The SMILES string of the molecule is C=CCN(C(=O)C1N(CCCO)C(=O)[C@@H]2[C@H](C(=O)OCC)[C@]3(C)CCC12O3)C(C)(C)CC(C)(C)C. The van der Waals surface area contributed by atoms with E-state index in [1.807, 2.05) is 25.7 Å². The van der Waals surface area contributed by atoms with Crippen LogP contribution in [0, 0.1) is 17.3 Å². The largest absolute Gasteiger partial charge is 0.466 e. The van der Waals surface area contributed by atoms with E-state index in [-0.39, 0.29) is 37.0 Å². The normalized spacial score (nSPS) is 32.1. The predicted octanol–water partition coefficient (Wildman–Crippen LogP) is 2.93. The molecular formula is C27H44N2O6. The highest BCUT2D eigenvalue weighted by Gasteiger charge is 2.78. The van der Waals surface area contributed by atoms with Crippen LogP contribution >= 0.6 is 0 Å². The van der Waals surface area contributed by atoms with Gasteiger partial charge in [0, 0.05) is 25.2 Å². The van der Waals surface area contributed by atoms with Crippen LogP contribution in [0.3, 0.4) is 0 Å². The fourth-order valence-corrected chi connectivity index (χ4v) is 7.08. The molecule has 0 radical (unpaired) electrons. The third kappa shape index (κ3) is 4.64. The summed E-state index contributed by atoms with van der Waals surface area (Å²) in [5.41, 5.74) is -2.48. The van der Waals surface area contributed by atoms with Gasteiger partial charge in [-0.25, -0.2) is 0 Å². The number of rotatable bonds is 10. The molecule has 35 heavy (non-hydrogen) atoms. The standard InChI is InChI=1S/C27H44N2O6/c1-9-14-29(25(6,7)17-24(3,4)5)22(32)20-27-13-12-26(8,35-27)19(23(33)34-10-2)18(27)21(31)28(20)15-11-16-30/h9,18-20,30H,1,10-17H2,2-8H3/t18-,19+,20?,26-,27?/m0/s1. The highest BCUT2D eigenvalue weighted by molar-refractivity contribution is 5.98. The van der Waals surface area contributed by atoms with Gasteiger partial charge < -0.3 is 24.4 Å². The van der Waals surface area contributed by atoms with Crippen LogP contribution < -0.4 is 0 Å². The number of aliphatic hydroxyl groups is 1. The minimum absolute atomic E-state index is 0.0309. The third-order valence-electron chi connectivity index (χ3n) is 7.88. The molecule has 3 fully saturated rings. The maximum Gasteiger partial charge on any atom is 0.312 e. The molecule has 198 valence electrons. The Kier molecular flexibility index (Phi) is 7.51. The summed E-state index contributed by atoms with van der Waals surface area (Å²) in [5.74, 6) is -2.42. The lowest BCUT2D eigenvalue weighted by atomic mass is 9.66. The maximum absolute atomic E-state index is 14.4. The van der Waals surface area contributed by atoms with E-state index in [1.54, 1.807) is 17.9 Å². The van der Waals surface area contributed by atoms with E-state index in [0.717, 1.165) is 6.42 Å². The quantitative estimate of drug-likeness (QED) is 0.372. The number of ether oxygens (including phenoxy) is 2. The summed E-state index contributed by atoms with van der Waals surface area (Å²) < 4.78 is 12.0. The number of esters is 1. The number of hydrogen-bond acceptors (Lipinski definition) is 6. The van der Waals surface area contributed by atoms with E-state index >= 15 is 0 Å². The van der Waals surface area contributed by atoms with Gasteiger partial charge in [-0.15, -0.1) is 6.58 Å². The van der Waals surface area contributed by atoms with Crippen molar-refractivity contribution in [1.29, 1.82) is 0 Å². The number of fused-ring (bicyclic) bond motifs is 1. The topological polar surface area (TPSA) is 96.4 Å². The highest BCUT2D eigenvalue weighted by atomic mass is 16.6. The summed E-state index contributed by atoms with van der Waals surface area (Å²) in [6.07, 6.45) is 3.89. The molecule has 0 aromatic heterocycles. The Balaban J connectivity index is 2.09. The molecule has 3 rings (SSSR count). The van der Waals surface area contributed by atoms with Gasteiger partial charge in [-0.3, -0.25) is 14.4 Å². The monoisotopic (exact) mass is 492 g/mol. The van der Waals surface area contributed by atoms with Crippen LogP contribution in [0.2, 0.25) is 0 Å². The van der Waals surface area contributed by atoms with Crippen molar-refractivity contribution in [2.24, 2.45) is 17.3 Å². The molecule has 2 unspecified atom stereocenters. The van der Waals surface area contributed by atoms with Crippen LogP contribution in [0.15, 0.2) is 12.7 Å². The summed E-state index contributed by atoms with van der Waals surface area (Å²) in [7, 11) is 0. The van der Waals surface area contributed by atoms with Gasteiger partial charge in [0.15, 0.2) is 0 Å². The second-order valence-electron chi connectivity index (χ2n) is 12.4. The van der Waals surface area contributed by atoms with Gasteiger partial charge in [-0.2, -0.15) is 0 Å². The van der Waals surface area contributed by atoms with Crippen molar-refractivity contribution in [2.75, 3.05) is 26.3 Å². The van der Waals surface area contributed by atoms with E-state index in [4.69, 9.17) is 9.47 Å². The van der Waals surface area contributed by atoms with Crippen LogP contribution in [0.25, 0.3) is 0 Å². The average molecular weight is 493 g/mol. The average Bonchev–Trinajstić information content (AvgIpc) is 3.29. The first-order valence-electron chi connectivity index (χ1n) is 12.9. The van der Waals surface area contributed by atoms with Crippen LogP contribution in [0.5, 0.6) is 0 Å². The Morgan fingerprint density at radius 2 is 1.94 bits per heavy atom. The predicted molar refractivity (Wildman–Crippen MR) is 132 cm³/mol. The molecule has 0 aliphatic carbocycles. The van der Waals surface area contributed by atoms with Crippen molar-refractivity contribution >= 4 is 17.8 Å². The molecule has 3 saturated heterocycles. The fraction of sp³-hybridized carbons (Fsp3) is 0.815. The number of amides is 2. The molecule has 0 aromatic carbocycles. The zero-order chi connectivity index (χ0) is 26.4. The first-order valence-corrected chi connectivity index (χ1v) is 12.9. The zero-order valence-electron chi connectivity index (χ0n) is 22.6. The number of nitrogens with zero attached hydrogens (tertiary/aromatic N) is 2. The summed E-state index contributed by atoms with van der Waals surface area (Å²) in [5, 5.41) is 9.52. The van der Waals surface area contributed by atoms with Gasteiger partial charge in [-0.05, 0) is 58.8 Å². The third-order valence-corrected chi connectivity index (χ3v) is 7.88. The number of carbonyl (C=O) groups excluding carboxylic acids is 3. The molecule has 3 aliphatic heterocycles. The van der Waals surface area contributed by atoms with Crippen molar-refractivity contribution < 1.29 is 29.0 Å². The Bertz CT molecular complexity index is 864. The minimum atomic E-state index is -1.09. The molecule has 5 atom stereocenters. The van der Waals surface area contributed by atoms with Crippen molar-refractivity contribution in [3.05, 3.63) is 12.7 Å².